The van der Waals surface area contributed by atoms with Crippen LogP contribution in [0.15, 0.2) is 48.9 Å². The lowest BCUT2D eigenvalue weighted by Crippen LogP contribution is -2.29. The molecular formula is C24H28N6O4S. The summed E-state index contributed by atoms with van der Waals surface area (Å²) in [7, 11) is -3.47. The molecular weight excluding hydrogens is 468 g/mol. The maximum absolute atomic E-state index is 12.9. The predicted molar refractivity (Wildman–Crippen MR) is 131 cm³/mol. The van der Waals surface area contributed by atoms with Gasteiger partial charge in [0.15, 0.2) is 0 Å². The first kappa shape index (κ1) is 24.5. The molecule has 2 aromatic heterocycles. The van der Waals surface area contributed by atoms with Gasteiger partial charge in [0.05, 0.1) is 41.2 Å². The van der Waals surface area contributed by atoms with Crippen LogP contribution in [0.25, 0.3) is 11.3 Å². The second-order valence-corrected chi connectivity index (χ2v) is 10.5. The summed E-state index contributed by atoms with van der Waals surface area (Å²) in [5.74, 6) is 0.176. The molecule has 1 aliphatic rings. The number of amides is 1. The van der Waals surface area contributed by atoms with E-state index in [9.17, 15) is 13.2 Å². The quantitative estimate of drug-likeness (QED) is 0.435. The summed E-state index contributed by atoms with van der Waals surface area (Å²) in [6, 6.07) is 8.28. The van der Waals surface area contributed by atoms with E-state index >= 15 is 0 Å². The van der Waals surface area contributed by atoms with E-state index in [-0.39, 0.29) is 23.2 Å². The van der Waals surface area contributed by atoms with Gasteiger partial charge in [-0.25, -0.2) is 23.4 Å². The number of carbonyl (C=O) groups is 1. The molecule has 1 aliphatic carbocycles. The number of hydrogen-bond donors (Lipinski definition) is 2. The molecule has 3 aromatic rings. The molecule has 10 nitrogen and oxygen atoms in total. The minimum absolute atomic E-state index is 0.0104. The number of carbonyl (C=O) groups excluding carboxylic acids is 1. The van der Waals surface area contributed by atoms with Gasteiger partial charge in [0, 0.05) is 17.3 Å². The van der Waals surface area contributed by atoms with Gasteiger partial charge in [-0.15, -0.1) is 0 Å². The zero-order valence-corrected chi connectivity index (χ0v) is 20.6. The van der Waals surface area contributed by atoms with Crippen molar-refractivity contribution in [1.29, 1.82) is 0 Å². The van der Waals surface area contributed by atoms with Gasteiger partial charge in [-0.2, -0.15) is 0 Å². The van der Waals surface area contributed by atoms with Crippen molar-refractivity contribution in [1.82, 2.24) is 25.3 Å². The molecule has 35 heavy (non-hydrogen) atoms. The van der Waals surface area contributed by atoms with Gasteiger partial charge in [-0.05, 0) is 51.3 Å². The van der Waals surface area contributed by atoms with Crippen molar-refractivity contribution in [3.63, 3.8) is 0 Å². The lowest BCUT2D eigenvalue weighted by molar-refractivity contribution is 0.0934. The fraction of sp³-hybridized carbons (Fsp3) is 0.375. The van der Waals surface area contributed by atoms with Crippen molar-refractivity contribution in [2.24, 2.45) is 0 Å². The van der Waals surface area contributed by atoms with Crippen molar-refractivity contribution >= 4 is 21.9 Å². The van der Waals surface area contributed by atoms with Crippen LogP contribution in [0, 0.1) is 0 Å². The third kappa shape index (κ3) is 6.30. The molecule has 0 radical (unpaired) electrons. The highest BCUT2D eigenvalue weighted by molar-refractivity contribution is 7.93. The lowest BCUT2D eigenvalue weighted by atomic mass is 10.1. The zero-order chi connectivity index (χ0) is 25.0. The fourth-order valence-electron chi connectivity index (χ4n) is 3.41. The van der Waals surface area contributed by atoms with Crippen molar-refractivity contribution in [2.45, 2.75) is 57.4 Å². The highest BCUT2D eigenvalue weighted by atomic mass is 32.2. The van der Waals surface area contributed by atoms with Crippen LogP contribution in [-0.4, -0.2) is 45.6 Å². The van der Waals surface area contributed by atoms with Gasteiger partial charge in [-0.3, -0.25) is 14.5 Å². The fourth-order valence-corrected chi connectivity index (χ4v) is 4.69. The number of aromatic nitrogens is 4. The minimum atomic E-state index is -3.47. The summed E-state index contributed by atoms with van der Waals surface area (Å²) in [6.07, 6.45) is 6.52. The second-order valence-electron chi connectivity index (χ2n) is 8.57. The molecule has 184 valence electrons. The predicted octanol–water partition coefficient (Wildman–Crippen LogP) is 3.51. The Kier molecular flexibility index (Phi) is 7.25. The number of benzene rings is 1. The van der Waals surface area contributed by atoms with E-state index in [0.29, 0.717) is 42.1 Å². The molecule has 2 N–H and O–H groups in total. The zero-order valence-electron chi connectivity index (χ0n) is 19.8. The summed E-state index contributed by atoms with van der Waals surface area (Å²) in [5, 5.41) is 2.58. The van der Waals surface area contributed by atoms with Gasteiger partial charge >= 0.3 is 0 Å². The number of sulfonamides is 1. The average molecular weight is 497 g/mol. The van der Waals surface area contributed by atoms with Gasteiger partial charge in [0.2, 0.25) is 21.9 Å². The average Bonchev–Trinajstić information content (AvgIpc) is 3.69. The number of nitrogens with one attached hydrogen (secondary N) is 2. The van der Waals surface area contributed by atoms with Crippen molar-refractivity contribution in [2.75, 3.05) is 4.72 Å². The maximum atomic E-state index is 12.9. The molecule has 1 fully saturated rings. The Morgan fingerprint density at radius 2 is 1.86 bits per heavy atom. The summed E-state index contributed by atoms with van der Waals surface area (Å²) < 4.78 is 32.4. The molecule has 1 amide bonds. The Balaban J connectivity index is 1.44. The second kappa shape index (κ2) is 10.3. The van der Waals surface area contributed by atoms with E-state index in [1.165, 1.54) is 6.20 Å². The van der Waals surface area contributed by atoms with E-state index in [1.54, 1.807) is 42.7 Å². The maximum Gasteiger partial charge on any atom is 0.251 e. The largest absolute Gasteiger partial charge is 0.474 e. The van der Waals surface area contributed by atoms with Gasteiger partial charge in [0.1, 0.15) is 0 Å². The monoisotopic (exact) mass is 496 g/mol. The van der Waals surface area contributed by atoms with E-state index in [4.69, 9.17) is 4.74 Å². The Bertz CT molecular complexity index is 1290. The molecule has 0 saturated heterocycles. The van der Waals surface area contributed by atoms with E-state index in [0.717, 1.165) is 5.56 Å². The third-order valence-corrected chi connectivity index (χ3v) is 7.17. The normalized spacial score (nSPS) is 14.4. The summed E-state index contributed by atoms with van der Waals surface area (Å²) >= 11 is 0. The molecule has 1 saturated carbocycles. The van der Waals surface area contributed by atoms with E-state index in [2.05, 4.69) is 30.0 Å². The first-order valence-corrected chi connectivity index (χ1v) is 13.0. The Labute approximate surface area is 204 Å². The van der Waals surface area contributed by atoms with Crippen LogP contribution in [0.5, 0.6) is 5.88 Å². The number of rotatable bonds is 10. The molecule has 2 heterocycles. The molecule has 11 heteroatoms. The first-order valence-electron chi connectivity index (χ1n) is 11.5. The van der Waals surface area contributed by atoms with Gasteiger partial charge in [-0.1, -0.05) is 19.1 Å². The van der Waals surface area contributed by atoms with E-state index in [1.807, 2.05) is 20.8 Å². The molecule has 1 unspecified atom stereocenters. The number of nitrogens with zero attached hydrogens (tertiary/aromatic N) is 4. The van der Waals surface area contributed by atoms with Crippen LogP contribution >= 0.6 is 0 Å². The standard InChI is InChI=1S/C24H28N6O4S/c1-4-19(20-11-12-26-24(29-20)30-35(32,33)18-9-10-18)28-23(31)17-7-5-16(6-8-17)21-13-25-14-22(27-21)34-15(2)3/h5-8,11-15,18-19H,4,9-10H2,1-3H3,(H,28,31)(H,26,29,30). The molecule has 1 aromatic carbocycles. The smallest absolute Gasteiger partial charge is 0.251 e. The van der Waals surface area contributed by atoms with Crippen LogP contribution in [0.4, 0.5) is 5.95 Å². The van der Waals surface area contributed by atoms with Crippen molar-refractivity contribution in [3.8, 4) is 17.1 Å². The SMILES string of the molecule is CCC(NC(=O)c1ccc(-c2cncc(OC(C)C)n2)cc1)c1ccnc(NS(=O)(=O)C2CC2)n1. The van der Waals surface area contributed by atoms with Crippen LogP contribution in [-0.2, 0) is 10.0 Å². The summed E-state index contributed by atoms with van der Waals surface area (Å²) in [4.78, 5) is 29.9. The highest BCUT2D eigenvalue weighted by Crippen LogP contribution is 2.29. The Morgan fingerprint density at radius 3 is 2.51 bits per heavy atom. The lowest BCUT2D eigenvalue weighted by Gasteiger charge is -2.17. The molecule has 0 spiro atoms. The summed E-state index contributed by atoms with van der Waals surface area (Å²) in [5.41, 5.74) is 2.44. The Morgan fingerprint density at radius 1 is 1.11 bits per heavy atom. The van der Waals surface area contributed by atoms with Crippen LogP contribution < -0.4 is 14.8 Å². The van der Waals surface area contributed by atoms with Crippen molar-refractivity contribution in [3.05, 3.63) is 60.2 Å². The molecule has 1 atom stereocenters. The number of ether oxygens (including phenoxy) is 1. The first-order chi connectivity index (χ1) is 16.7. The van der Waals surface area contributed by atoms with Crippen LogP contribution in [0.3, 0.4) is 0 Å². The minimum Gasteiger partial charge on any atom is -0.474 e. The molecule has 4 rings (SSSR count). The van der Waals surface area contributed by atoms with E-state index < -0.39 is 16.1 Å². The number of hydrogen-bond acceptors (Lipinski definition) is 8. The van der Waals surface area contributed by atoms with Gasteiger partial charge in [0.25, 0.3) is 5.91 Å². The Hall–Kier alpha value is -3.60. The van der Waals surface area contributed by atoms with Crippen LogP contribution in [0.2, 0.25) is 0 Å². The molecule has 0 bridgehead atoms. The van der Waals surface area contributed by atoms with Crippen LogP contribution in [0.1, 0.15) is 62.1 Å². The molecule has 0 aliphatic heterocycles. The topological polar surface area (TPSA) is 136 Å². The number of anilines is 1. The summed E-state index contributed by atoms with van der Waals surface area (Å²) in [6.45, 7) is 5.75. The highest BCUT2D eigenvalue weighted by Gasteiger charge is 2.36. The van der Waals surface area contributed by atoms with Crippen molar-refractivity contribution < 1.29 is 17.9 Å². The third-order valence-electron chi connectivity index (χ3n) is 5.36. The van der Waals surface area contributed by atoms with Gasteiger partial charge < -0.3 is 10.1 Å².